The molecule has 0 aliphatic carbocycles. The van der Waals surface area contributed by atoms with Crippen LogP contribution in [0.4, 0.5) is 0 Å². The Morgan fingerprint density at radius 3 is 2.36 bits per heavy atom. The summed E-state index contributed by atoms with van der Waals surface area (Å²) in [4.78, 5) is 32.8. The Hall–Kier alpha value is -4.21. The van der Waals surface area contributed by atoms with Gasteiger partial charge in [-0.25, -0.2) is 4.98 Å². The number of allylic oxidation sites excluding steroid dienone is 2. The van der Waals surface area contributed by atoms with Gasteiger partial charge in [0.1, 0.15) is 24.4 Å². The lowest BCUT2D eigenvalue weighted by atomic mass is 9.86. The third-order valence-electron chi connectivity index (χ3n) is 11.7. The number of hydrogen-bond donors (Lipinski definition) is 6. The first-order valence-corrected chi connectivity index (χ1v) is 19.6. The van der Waals surface area contributed by atoms with Crippen molar-refractivity contribution in [3.05, 3.63) is 75.9 Å². The van der Waals surface area contributed by atoms with Gasteiger partial charge in [0.25, 0.3) is 0 Å². The molecule has 13 heteroatoms. The fourth-order valence-electron chi connectivity index (χ4n) is 8.00. The van der Waals surface area contributed by atoms with E-state index in [1.807, 2.05) is 6.08 Å². The number of nitrogens with zero attached hydrogens (tertiary/aromatic N) is 3. The number of aliphatic hydroxyl groups is 4. The quantitative estimate of drug-likeness (QED) is 0.127. The molecule has 8 bridgehead atoms. The highest BCUT2D eigenvalue weighted by molar-refractivity contribution is 5.93. The number of fused-ring (bicyclic) bond motifs is 8. The summed E-state index contributed by atoms with van der Waals surface area (Å²) in [5.74, 6) is 0.0613. The lowest BCUT2D eigenvalue weighted by Crippen LogP contribution is -2.59. The van der Waals surface area contributed by atoms with Gasteiger partial charge in [0.2, 0.25) is 5.91 Å². The first-order chi connectivity index (χ1) is 26.8. The zero-order chi connectivity index (χ0) is 40.4. The molecule has 13 nitrogen and oxygen atoms in total. The number of likely N-dealkylation sites (N-methyl/N-ethyl adjacent to an activating group) is 1. The first-order valence-electron chi connectivity index (χ1n) is 19.6. The third-order valence-corrected chi connectivity index (χ3v) is 11.7. The Bertz CT molecular complexity index is 2140. The number of carbonyl (C=O) groups is 1. The molecule has 3 aliphatic rings. The zero-order valence-electron chi connectivity index (χ0n) is 33.6. The van der Waals surface area contributed by atoms with Gasteiger partial charge in [0, 0.05) is 70.9 Å². The standard InChI is InChI=1S/C43H57N5O8/c1-9-27-24(5)33-20-36-28(10-2)23(4)32(45-36)19-34-25(6)29(39(47-34)26(7)31-17-22(3)30(44-31)18-35(27)46-33)11-12-38(50)48(8)13-14-54-15-16-55-43-42(53)41(52)40(51)37(21-49)56-43/h10,17-20,25,29,37,40-45,49,51-53H,2,9,11-16,21H2,1,3-8H3/t25-,29-,37+,40+,41-,42+,43+/m0/s1. The predicted octanol–water partition coefficient (Wildman–Crippen LogP) is 5.18. The van der Waals surface area contributed by atoms with E-state index in [1.54, 1.807) is 11.9 Å². The van der Waals surface area contributed by atoms with Crippen molar-refractivity contribution in [1.82, 2.24) is 24.8 Å². The maximum Gasteiger partial charge on any atom is 0.222 e. The van der Waals surface area contributed by atoms with Crippen LogP contribution in [-0.2, 0) is 19.0 Å². The minimum atomic E-state index is -1.51. The van der Waals surface area contributed by atoms with Crippen LogP contribution in [0.15, 0.2) is 30.8 Å². The highest BCUT2D eigenvalue weighted by atomic mass is 16.7. The minimum Gasteiger partial charge on any atom is -0.394 e. The summed E-state index contributed by atoms with van der Waals surface area (Å²) in [7, 11) is 1.76. The maximum absolute atomic E-state index is 13.4. The number of carbonyl (C=O) groups excluding carboxylic acids is 1. The Morgan fingerprint density at radius 2 is 1.64 bits per heavy atom. The largest absolute Gasteiger partial charge is 0.394 e. The van der Waals surface area contributed by atoms with Crippen molar-refractivity contribution < 1.29 is 39.4 Å². The lowest BCUT2D eigenvalue weighted by molar-refractivity contribution is -0.302. The second-order valence-corrected chi connectivity index (χ2v) is 15.2. The molecule has 7 atom stereocenters. The summed E-state index contributed by atoms with van der Waals surface area (Å²) in [6.45, 7) is 17.2. The number of aromatic amines is 2. The zero-order valence-corrected chi connectivity index (χ0v) is 33.6. The fraction of sp³-hybridized carbons (Fsp3) is 0.512. The number of nitrogens with one attached hydrogen (secondary N) is 2. The van der Waals surface area contributed by atoms with Gasteiger partial charge in [-0.3, -0.25) is 9.78 Å². The summed E-state index contributed by atoms with van der Waals surface area (Å²) in [5.41, 5.74) is 14.4. The van der Waals surface area contributed by atoms with E-state index in [0.717, 1.165) is 73.5 Å². The summed E-state index contributed by atoms with van der Waals surface area (Å²) in [5, 5.41) is 39.4. The molecule has 0 unspecified atom stereocenters. The summed E-state index contributed by atoms with van der Waals surface area (Å²) < 4.78 is 16.5. The van der Waals surface area contributed by atoms with Gasteiger partial charge >= 0.3 is 0 Å². The van der Waals surface area contributed by atoms with Crippen LogP contribution in [-0.4, -0.2) is 122 Å². The normalized spacial score (nSPS) is 23.8. The van der Waals surface area contributed by atoms with Gasteiger partial charge < -0.3 is 49.5 Å². The van der Waals surface area contributed by atoms with Crippen LogP contribution in [0.25, 0.3) is 39.3 Å². The number of aryl methyl sites for hydroxylation is 3. The van der Waals surface area contributed by atoms with Crippen molar-refractivity contribution in [3.63, 3.8) is 0 Å². The minimum absolute atomic E-state index is 0.00165. The Morgan fingerprint density at radius 1 is 0.929 bits per heavy atom. The molecule has 56 heavy (non-hydrogen) atoms. The van der Waals surface area contributed by atoms with Crippen LogP contribution in [0.5, 0.6) is 0 Å². The van der Waals surface area contributed by atoms with E-state index in [2.05, 4.69) is 82.4 Å². The first kappa shape index (κ1) is 41.4. The predicted molar refractivity (Wildman–Crippen MR) is 217 cm³/mol. The van der Waals surface area contributed by atoms with E-state index in [0.29, 0.717) is 19.4 Å². The molecular weight excluding hydrogens is 715 g/mol. The van der Waals surface area contributed by atoms with Gasteiger partial charge in [-0.1, -0.05) is 26.5 Å². The fourth-order valence-corrected chi connectivity index (χ4v) is 8.00. The Labute approximate surface area is 328 Å². The topological polar surface area (TPSA) is 186 Å². The summed E-state index contributed by atoms with van der Waals surface area (Å²) in [6.07, 6.45) is -2.99. The molecule has 3 aliphatic heterocycles. The van der Waals surface area contributed by atoms with Crippen LogP contribution < -0.4 is 0 Å². The second-order valence-electron chi connectivity index (χ2n) is 15.2. The smallest absolute Gasteiger partial charge is 0.222 e. The number of aliphatic hydroxyl groups excluding tert-OH is 4. The van der Waals surface area contributed by atoms with Crippen LogP contribution >= 0.6 is 0 Å². The maximum atomic E-state index is 13.4. The van der Waals surface area contributed by atoms with Crippen LogP contribution in [0.1, 0.15) is 96.9 Å². The van der Waals surface area contributed by atoms with Crippen LogP contribution in [0.3, 0.4) is 0 Å². The number of ether oxygens (including phenoxy) is 3. The molecule has 6 N–H and O–H groups in total. The molecule has 1 amide bonds. The SMILES string of the molecule is C=Cc1c(C)c2cc3nc(c(C)c4cc(C)c(cc5nc(cc1[nH]2)C(C)=C5CC)[nH]4)[C@@H](CCC(=O)N(C)CCOCCO[C@@H]1O[C@H](CO)[C@@H](O)[C@H](O)[C@H]1O)[C@@H]3C. The Kier molecular flexibility index (Phi) is 13.0. The summed E-state index contributed by atoms with van der Waals surface area (Å²) in [6, 6.07) is 8.58. The van der Waals surface area contributed by atoms with E-state index >= 15 is 0 Å². The molecule has 6 rings (SSSR count). The monoisotopic (exact) mass is 771 g/mol. The lowest BCUT2D eigenvalue weighted by Gasteiger charge is -2.39. The summed E-state index contributed by atoms with van der Waals surface area (Å²) >= 11 is 0. The van der Waals surface area contributed by atoms with Crippen molar-refractivity contribution in [2.24, 2.45) is 0 Å². The molecule has 3 aromatic heterocycles. The van der Waals surface area contributed by atoms with Crippen molar-refractivity contribution >= 4 is 45.2 Å². The van der Waals surface area contributed by atoms with Crippen LogP contribution in [0.2, 0.25) is 0 Å². The van der Waals surface area contributed by atoms with E-state index in [9.17, 15) is 25.2 Å². The van der Waals surface area contributed by atoms with Gasteiger partial charge in [-0.05, 0) is 92.6 Å². The number of rotatable bonds is 13. The van der Waals surface area contributed by atoms with Crippen molar-refractivity contribution in [2.75, 3.05) is 40.0 Å². The number of amides is 1. The van der Waals surface area contributed by atoms with Crippen molar-refractivity contribution in [1.29, 1.82) is 0 Å². The highest BCUT2D eigenvalue weighted by Crippen LogP contribution is 2.42. The molecule has 1 saturated heterocycles. The second kappa shape index (κ2) is 17.5. The number of H-pyrrole nitrogens is 2. The van der Waals surface area contributed by atoms with E-state index in [-0.39, 0.29) is 37.6 Å². The molecule has 0 aromatic carbocycles. The Balaban J connectivity index is 1.19. The molecule has 1 fully saturated rings. The molecular formula is C43H57N5O8. The highest BCUT2D eigenvalue weighted by Gasteiger charge is 2.44. The van der Waals surface area contributed by atoms with E-state index in [1.165, 1.54) is 11.1 Å². The number of hydrogen-bond acceptors (Lipinski definition) is 10. The van der Waals surface area contributed by atoms with Crippen LogP contribution in [0, 0.1) is 20.8 Å². The molecule has 0 spiro atoms. The molecule has 0 radical (unpaired) electrons. The van der Waals surface area contributed by atoms with E-state index in [4.69, 9.17) is 24.2 Å². The molecule has 6 heterocycles. The average Bonchev–Trinajstić information content (AvgIpc) is 3.89. The van der Waals surface area contributed by atoms with Gasteiger partial charge in [0.05, 0.1) is 37.8 Å². The van der Waals surface area contributed by atoms with Gasteiger partial charge in [0.15, 0.2) is 6.29 Å². The van der Waals surface area contributed by atoms with Gasteiger partial charge in [-0.15, -0.1) is 0 Å². The van der Waals surface area contributed by atoms with Gasteiger partial charge in [-0.2, -0.15) is 0 Å². The number of aromatic nitrogens is 4. The molecule has 302 valence electrons. The molecule has 0 saturated carbocycles. The average molecular weight is 772 g/mol. The van der Waals surface area contributed by atoms with Crippen molar-refractivity contribution in [3.8, 4) is 0 Å². The third kappa shape index (κ3) is 8.26. The van der Waals surface area contributed by atoms with Crippen molar-refractivity contribution in [2.45, 2.75) is 103 Å². The molecule has 3 aromatic rings. The van der Waals surface area contributed by atoms with E-state index < -0.39 is 37.3 Å².